The van der Waals surface area contributed by atoms with Crippen LogP contribution in [-0.4, -0.2) is 37.7 Å². The van der Waals surface area contributed by atoms with Gasteiger partial charge in [0.15, 0.2) is 11.5 Å². The van der Waals surface area contributed by atoms with Crippen molar-refractivity contribution >= 4 is 17.8 Å². The molecule has 0 unspecified atom stereocenters. The van der Waals surface area contributed by atoms with Crippen molar-refractivity contribution in [2.75, 3.05) is 13.9 Å². The average molecular weight is 378 g/mol. The molecule has 1 atom stereocenters. The number of methoxy groups -OCH3 is 1. The molecule has 1 heterocycles. The highest BCUT2D eigenvalue weighted by molar-refractivity contribution is 5.87. The lowest BCUT2D eigenvalue weighted by Gasteiger charge is -2.18. The van der Waals surface area contributed by atoms with E-state index in [-0.39, 0.29) is 37.4 Å². The second kappa shape index (κ2) is 9.80. The fraction of sp³-hybridized carbons (Fsp3) is 0.526. The number of fused-ring (bicyclic) bond motifs is 1. The number of nitrogens with one attached hydrogen (secondary N) is 2. The monoisotopic (exact) mass is 378 g/mol. The van der Waals surface area contributed by atoms with E-state index in [1.165, 1.54) is 7.11 Å². The Morgan fingerprint density at radius 3 is 2.52 bits per heavy atom. The Morgan fingerprint density at radius 1 is 1.11 bits per heavy atom. The Morgan fingerprint density at radius 2 is 1.81 bits per heavy atom. The molecule has 8 nitrogen and oxygen atoms in total. The van der Waals surface area contributed by atoms with Crippen LogP contribution in [0.4, 0.5) is 0 Å². The van der Waals surface area contributed by atoms with Crippen LogP contribution < -0.4 is 20.1 Å². The molecule has 0 aliphatic carbocycles. The van der Waals surface area contributed by atoms with Crippen molar-refractivity contribution in [1.29, 1.82) is 0 Å². The van der Waals surface area contributed by atoms with E-state index in [9.17, 15) is 14.4 Å². The van der Waals surface area contributed by atoms with Gasteiger partial charge in [-0.2, -0.15) is 0 Å². The minimum atomic E-state index is -0.695. The van der Waals surface area contributed by atoms with E-state index in [0.717, 1.165) is 5.56 Å². The molecule has 1 aromatic carbocycles. The molecule has 0 radical (unpaired) electrons. The van der Waals surface area contributed by atoms with Crippen LogP contribution in [0.15, 0.2) is 18.2 Å². The fourth-order valence-corrected chi connectivity index (χ4v) is 2.66. The highest BCUT2D eigenvalue weighted by Gasteiger charge is 2.22. The summed E-state index contributed by atoms with van der Waals surface area (Å²) in [4.78, 5) is 35.7. The first-order chi connectivity index (χ1) is 12.9. The van der Waals surface area contributed by atoms with E-state index in [2.05, 4.69) is 10.6 Å². The standard InChI is InChI=1S/C19H26N2O6/c1-12(2)8-14(19(24)25-3)21-18(23)7-6-17(22)20-10-13-4-5-15-16(9-13)27-11-26-15/h4-5,9,12,14H,6-8,10-11H2,1-3H3,(H,20,22)(H,21,23)/t14-/m0/s1. The van der Waals surface area contributed by atoms with Crippen molar-refractivity contribution in [3.63, 3.8) is 0 Å². The summed E-state index contributed by atoms with van der Waals surface area (Å²) in [6.45, 7) is 4.43. The molecule has 2 N–H and O–H groups in total. The molecule has 0 spiro atoms. The van der Waals surface area contributed by atoms with Gasteiger partial charge >= 0.3 is 5.97 Å². The van der Waals surface area contributed by atoms with E-state index in [4.69, 9.17) is 14.2 Å². The predicted octanol–water partition coefficient (Wildman–Crippen LogP) is 1.52. The summed E-state index contributed by atoms with van der Waals surface area (Å²) in [5.41, 5.74) is 0.875. The molecular formula is C19H26N2O6. The van der Waals surface area contributed by atoms with Crippen LogP contribution >= 0.6 is 0 Å². The third-order valence-corrected chi connectivity index (χ3v) is 4.03. The number of carbonyl (C=O) groups excluding carboxylic acids is 3. The quantitative estimate of drug-likeness (QED) is 0.632. The third kappa shape index (κ3) is 6.47. The summed E-state index contributed by atoms with van der Waals surface area (Å²) in [7, 11) is 1.28. The van der Waals surface area contributed by atoms with Gasteiger partial charge in [0.25, 0.3) is 0 Å². The highest BCUT2D eigenvalue weighted by Crippen LogP contribution is 2.32. The van der Waals surface area contributed by atoms with Crippen LogP contribution in [0, 0.1) is 5.92 Å². The Bertz CT molecular complexity index is 689. The molecule has 27 heavy (non-hydrogen) atoms. The number of esters is 1. The molecule has 1 aromatic rings. The largest absolute Gasteiger partial charge is 0.467 e. The predicted molar refractivity (Wildman–Crippen MR) is 97.0 cm³/mol. The van der Waals surface area contributed by atoms with Gasteiger partial charge in [0.05, 0.1) is 7.11 Å². The lowest BCUT2D eigenvalue weighted by atomic mass is 10.0. The summed E-state index contributed by atoms with van der Waals surface area (Å²) in [5, 5.41) is 5.39. The average Bonchev–Trinajstić information content (AvgIpc) is 3.10. The lowest BCUT2D eigenvalue weighted by molar-refractivity contribution is -0.145. The molecule has 2 rings (SSSR count). The van der Waals surface area contributed by atoms with Crippen LogP contribution in [0.5, 0.6) is 11.5 Å². The van der Waals surface area contributed by atoms with Crippen molar-refractivity contribution in [2.24, 2.45) is 5.92 Å². The SMILES string of the molecule is COC(=O)[C@H](CC(C)C)NC(=O)CCC(=O)NCc1ccc2c(c1)OCO2. The van der Waals surface area contributed by atoms with Crippen molar-refractivity contribution in [3.05, 3.63) is 23.8 Å². The van der Waals surface area contributed by atoms with Gasteiger partial charge in [-0.15, -0.1) is 0 Å². The Labute approximate surface area is 158 Å². The molecule has 1 aliphatic rings. The Hall–Kier alpha value is -2.77. The first-order valence-electron chi connectivity index (χ1n) is 8.91. The van der Waals surface area contributed by atoms with Crippen molar-refractivity contribution in [3.8, 4) is 11.5 Å². The number of amides is 2. The van der Waals surface area contributed by atoms with Gasteiger partial charge in [-0.25, -0.2) is 4.79 Å². The van der Waals surface area contributed by atoms with Gasteiger partial charge in [-0.3, -0.25) is 9.59 Å². The van der Waals surface area contributed by atoms with Crippen LogP contribution in [0.25, 0.3) is 0 Å². The zero-order chi connectivity index (χ0) is 19.8. The van der Waals surface area contributed by atoms with E-state index in [0.29, 0.717) is 24.5 Å². The van der Waals surface area contributed by atoms with Crippen molar-refractivity contribution in [2.45, 2.75) is 45.7 Å². The minimum Gasteiger partial charge on any atom is -0.467 e. The summed E-state index contributed by atoms with van der Waals surface area (Å²) >= 11 is 0. The summed E-state index contributed by atoms with van der Waals surface area (Å²) < 4.78 is 15.2. The van der Waals surface area contributed by atoms with Gasteiger partial charge in [0.1, 0.15) is 6.04 Å². The maximum absolute atomic E-state index is 12.0. The topological polar surface area (TPSA) is 103 Å². The molecule has 0 saturated carbocycles. The number of ether oxygens (including phenoxy) is 3. The Balaban J connectivity index is 1.74. The zero-order valence-corrected chi connectivity index (χ0v) is 15.9. The first kappa shape index (κ1) is 20.5. The summed E-state index contributed by atoms with van der Waals surface area (Å²) in [6.07, 6.45) is 0.513. The normalized spacial score (nSPS) is 13.2. The number of benzene rings is 1. The van der Waals surface area contributed by atoms with Crippen LogP contribution in [0.2, 0.25) is 0 Å². The van der Waals surface area contributed by atoms with Gasteiger partial charge < -0.3 is 24.8 Å². The van der Waals surface area contributed by atoms with Gasteiger partial charge in [0.2, 0.25) is 18.6 Å². The number of hydrogen-bond acceptors (Lipinski definition) is 6. The first-order valence-corrected chi connectivity index (χ1v) is 8.91. The number of rotatable bonds is 9. The van der Waals surface area contributed by atoms with Gasteiger partial charge in [-0.1, -0.05) is 19.9 Å². The highest BCUT2D eigenvalue weighted by atomic mass is 16.7. The zero-order valence-electron chi connectivity index (χ0n) is 15.9. The van der Waals surface area contributed by atoms with Crippen LogP contribution in [0.3, 0.4) is 0 Å². The van der Waals surface area contributed by atoms with Crippen LogP contribution in [0.1, 0.15) is 38.7 Å². The molecular weight excluding hydrogens is 352 g/mol. The number of hydrogen-bond donors (Lipinski definition) is 2. The second-order valence-electron chi connectivity index (χ2n) is 6.74. The second-order valence-corrected chi connectivity index (χ2v) is 6.74. The molecule has 2 amide bonds. The van der Waals surface area contributed by atoms with E-state index < -0.39 is 12.0 Å². The maximum atomic E-state index is 12.0. The van der Waals surface area contributed by atoms with E-state index >= 15 is 0 Å². The minimum absolute atomic E-state index is 0.00143. The van der Waals surface area contributed by atoms with E-state index in [1.807, 2.05) is 26.0 Å². The van der Waals surface area contributed by atoms with Crippen molar-refractivity contribution in [1.82, 2.24) is 10.6 Å². The smallest absolute Gasteiger partial charge is 0.328 e. The molecule has 148 valence electrons. The number of carbonyl (C=O) groups is 3. The molecule has 0 aromatic heterocycles. The van der Waals surface area contributed by atoms with Crippen LogP contribution in [-0.2, 0) is 25.7 Å². The summed E-state index contributed by atoms with van der Waals surface area (Å²) in [5.74, 6) is 0.470. The van der Waals surface area contributed by atoms with Crippen molar-refractivity contribution < 1.29 is 28.6 Å². The maximum Gasteiger partial charge on any atom is 0.328 e. The lowest BCUT2D eigenvalue weighted by Crippen LogP contribution is -2.42. The summed E-state index contributed by atoms with van der Waals surface area (Å²) in [6, 6.07) is 4.74. The van der Waals surface area contributed by atoms with Gasteiger partial charge in [-0.05, 0) is 30.0 Å². The Kier molecular flexibility index (Phi) is 7.45. The fourth-order valence-electron chi connectivity index (χ4n) is 2.66. The van der Waals surface area contributed by atoms with Gasteiger partial charge in [0, 0.05) is 19.4 Å². The third-order valence-electron chi connectivity index (χ3n) is 4.03. The molecule has 1 aliphatic heterocycles. The molecule has 0 fully saturated rings. The molecule has 0 saturated heterocycles. The molecule has 8 heteroatoms. The molecule has 0 bridgehead atoms. The van der Waals surface area contributed by atoms with E-state index in [1.54, 1.807) is 6.07 Å².